The number of aliphatic hydroxyl groups excluding tert-OH is 2. The molecular formula is C90H77Br4ClN10O16P2S6. The number of nitrogens with zero attached hydrogens (tertiary/aromatic N) is 6. The molecule has 1 unspecified atom stereocenters. The molecule has 12 aromatic heterocycles. The van der Waals surface area contributed by atoms with E-state index >= 15 is 0 Å². The standard InChI is InChI=1S/C17H12BrNO3S.C16H11BrN2O2S.C16H10BrNO3S.C14H8BrNO2S.C12H14N2O3S.C12H12N2OS.C3H6O2P2.ClH.H3N/c1-21-17(20)7-6-13-8-14-15(9-19-10-16(14)23-13)22-12-4-2-11(18)3-5-12;17-10-1-3-11(4-2-10)21-14-8-19-9-15-13(14)7-12(22-15)5-6-16(18)20;17-10-1-3-11(4-2-10)21-14-8-18-9-15-13(14)7-12(22-15)5-6-16(19)20;15-9-1-3-10(4-2-9)18-13-6-16-7-14-12(13)5-11(8-17)19-14;1-6-4-14-5-9-7(6)3-8(18-9)10(15)11(16)12(17)13-2;1-8-6-14-7-11-10(8)5-9(16-11)3-4-12(15)13-2;1-5-3(4)2-7-6;;/h2-10H,1H3;1-9H,(H2,18,20);1-9H,(H,19,20);1-8H;3-5,10-11,15-16H,1-2H3,(H,13,17);3-7H,1-2H3,(H,13,15);2H,6H2,1H3;1H;1H3/b7-6+;2*6-5+;;;4-3+;;;/t;;;;10-,11+;;;;/m....0..../s1. The molecule has 10 N–H and O–H groups in total. The molecule has 39 heteroatoms. The number of halogens is 5. The maximum absolute atomic E-state index is 11.3. The Bertz CT molecular complexity index is 6570. The van der Waals surface area contributed by atoms with Gasteiger partial charge in [0.1, 0.15) is 29.1 Å². The molecule has 3 amide bonds. The van der Waals surface area contributed by atoms with E-state index in [1.54, 1.807) is 105 Å². The summed E-state index contributed by atoms with van der Waals surface area (Å²) in [6, 6.07) is 41.8. The third-order valence-corrected chi connectivity index (χ3v) is 26.0. The minimum atomic E-state index is -1.46. The van der Waals surface area contributed by atoms with Gasteiger partial charge < -0.3 is 66.3 Å². The lowest BCUT2D eigenvalue weighted by molar-refractivity contribution is -0.135. The number of esters is 2. The molecule has 4 aromatic carbocycles. The number of carbonyl (C=O) groups is 7. The van der Waals surface area contributed by atoms with Gasteiger partial charge in [-0.3, -0.25) is 49.1 Å². The number of nitrogens with one attached hydrogen (secondary N) is 2. The number of aliphatic hydroxyl groups is 2. The largest absolute Gasteiger partial charge is 0.478 e. The second-order valence-electron chi connectivity index (χ2n) is 25.7. The first-order valence-electron chi connectivity index (χ1n) is 37.0. The van der Waals surface area contributed by atoms with Crippen molar-refractivity contribution in [3.05, 3.63) is 290 Å². The van der Waals surface area contributed by atoms with Crippen LogP contribution in [0.25, 0.3) is 84.8 Å². The summed E-state index contributed by atoms with van der Waals surface area (Å²) >= 11 is 22.4. The topological polar surface area (TPSA) is 398 Å². The van der Waals surface area contributed by atoms with E-state index in [-0.39, 0.29) is 36.4 Å². The Morgan fingerprint density at radius 3 is 1.05 bits per heavy atom. The number of likely N-dealkylation sites (N-methyl/N-ethyl adjacent to an activating group) is 2. The third-order valence-electron chi connectivity index (χ3n) is 16.8. The molecule has 664 valence electrons. The molecular weight excluding hydrogens is 2090 g/mol. The van der Waals surface area contributed by atoms with Crippen molar-refractivity contribution in [2.45, 2.75) is 26.1 Å². The van der Waals surface area contributed by atoms with E-state index in [9.17, 15) is 43.8 Å². The van der Waals surface area contributed by atoms with Crippen LogP contribution in [0.4, 0.5) is 0 Å². The molecule has 0 saturated heterocycles. The lowest BCUT2D eigenvalue weighted by Crippen LogP contribution is -2.36. The molecule has 12 heterocycles. The number of carboxylic acid groups (broad SMARTS) is 1. The average Bonchev–Trinajstić information content (AvgIpc) is 1.67. The number of methoxy groups -OCH3 is 2. The number of aromatic nitrogens is 6. The Hall–Kier alpha value is -11.1. The van der Waals surface area contributed by atoms with Crippen LogP contribution in [0.5, 0.6) is 46.0 Å². The fourth-order valence-electron chi connectivity index (χ4n) is 10.8. The maximum Gasteiger partial charge on any atom is 0.335 e. The summed E-state index contributed by atoms with van der Waals surface area (Å²) in [6.07, 6.45) is 31.2. The normalized spacial score (nSPS) is 11.2. The number of aliphatic carboxylic acids is 1. The van der Waals surface area contributed by atoms with Crippen molar-refractivity contribution in [3.63, 3.8) is 0 Å². The fraction of sp³-hybridized carbons (Fsp3) is 0.0889. The van der Waals surface area contributed by atoms with Crippen LogP contribution in [0, 0.1) is 13.8 Å². The van der Waals surface area contributed by atoms with E-state index in [1.807, 2.05) is 154 Å². The van der Waals surface area contributed by atoms with Crippen molar-refractivity contribution in [1.82, 2.24) is 46.7 Å². The number of pyridine rings is 6. The third kappa shape index (κ3) is 31.3. The lowest BCUT2D eigenvalue weighted by atomic mass is 10.1. The number of fused-ring (bicyclic) bond motifs is 6. The highest BCUT2D eigenvalue weighted by atomic mass is 79.9. The van der Waals surface area contributed by atoms with Crippen molar-refractivity contribution in [2.24, 2.45) is 5.73 Å². The quantitative estimate of drug-likeness (QED) is 0.0152. The number of amides is 3. The molecule has 0 fully saturated rings. The van der Waals surface area contributed by atoms with Gasteiger partial charge in [0.15, 0.2) is 35.4 Å². The first-order valence-corrected chi connectivity index (χ1v) is 47.7. The number of primary amides is 1. The van der Waals surface area contributed by atoms with E-state index < -0.39 is 30.0 Å². The average molecular weight is 2160 g/mol. The Kier molecular flexibility index (Phi) is 41.6. The van der Waals surface area contributed by atoms with Crippen LogP contribution < -0.4 is 41.5 Å². The van der Waals surface area contributed by atoms with E-state index in [1.165, 1.54) is 107 Å². The van der Waals surface area contributed by atoms with Gasteiger partial charge in [0.2, 0.25) is 11.8 Å². The van der Waals surface area contributed by atoms with Crippen molar-refractivity contribution < 1.29 is 77.3 Å². The molecule has 0 spiro atoms. The van der Waals surface area contributed by atoms with Gasteiger partial charge in [-0.15, -0.1) is 80.4 Å². The number of thiophene rings is 6. The second-order valence-corrected chi connectivity index (χ2v) is 37.5. The first kappa shape index (κ1) is 103. The van der Waals surface area contributed by atoms with Crippen molar-refractivity contribution in [3.8, 4) is 46.0 Å². The summed E-state index contributed by atoms with van der Waals surface area (Å²) in [5.74, 6) is 4.20. The van der Waals surface area contributed by atoms with Gasteiger partial charge in [-0.05, 0) is 194 Å². The Labute approximate surface area is 806 Å². The van der Waals surface area contributed by atoms with Crippen LogP contribution in [-0.2, 0) is 38.2 Å². The lowest BCUT2D eigenvalue weighted by Gasteiger charge is -2.14. The van der Waals surface area contributed by atoms with Crippen molar-refractivity contribution >= 4 is 294 Å². The van der Waals surface area contributed by atoms with Gasteiger partial charge in [0, 0.05) is 152 Å². The van der Waals surface area contributed by atoms with Crippen LogP contribution in [0.2, 0.25) is 0 Å². The molecule has 0 saturated carbocycles. The highest BCUT2D eigenvalue weighted by molar-refractivity contribution is 9.11. The summed E-state index contributed by atoms with van der Waals surface area (Å²) in [4.78, 5) is 106. The zero-order valence-electron chi connectivity index (χ0n) is 68.6. The molecule has 16 aromatic rings. The number of hydrogen-bond acceptors (Lipinski definition) is 28. The number of aldehydes is 1. The number of rotatable bonds is 21. The van der Waals surface area contributed by atoms with Gasteiger partial charge in [0.25, 0.3) is 5.91 Å². The number of aryl methyl sites for hydroxylation is 2. The maximum atomic E-state index is 11.3. The number of carbonyl (C=O) groups excluding carboxylic acids is 6. The summed E-state index contributed by atoms with van der Waals surface area (Å²) in [6.45, 7) is 3.96. The van der Waals surface area contributed by atoms with Gasteiger partial charge in [0.05, 0.1) is 77.9 Å². The first-order chi connectivity index (χ1) is 61.2. The number of nitrogens with two attached hydrogens (primary N) is 1. The van der Waals surface area contributed by atoms with Crippen LogP contribution in [-0.4, -0.2) is 127 Å². The van der Waals surface area contributed by atoms with Crippen molar-refractivity contribution in [2.75, 3.05) is 28.3 Å². The predicted octanol–water partition coefficient (Wildman–Crippen LogP) is 23.4. The number of carboxylic acids is 1. The van der Waals surface area contributed by atoms with E-state index in [2.05, 4.69) is 129 Å². The smallest absolute Gasteiger partial charge is 0.335 e. The molecule has 0 aliphatic rings. The Morgan fingerprint density at radius 2 is 0.744 bits per heavy atom. The predicted molar refractivity (Wildman–Crippen MR) is 541 cm³/mol. The molecule has 0 radical (unpaired) electrons. The highest BCUT2D eigenvalue weighted by Crippen LogP contribution is 2.41. The SMILES string of the molecule is CNC(=O)/C=C/c1cc2c(C)cncc2s1.CNC(=O)[C@H](O)[C@@H](O)c1cc2c(C)cncc2s1.COC(=O)/C=C/c1cc2c(Oc3ccc(Br)cc3)cncc2s1.COC(=O)C=PP.Cl.N.NC(=O)/C=C/c1cc2c(Oc3ccc(Br)cc3)cncc2s1.O=C(O)/C=C/c1cc2c(Oc3ccc(Br)cc3)cncc2s1.O=Cc1cc2c(Oc3ccc(Br)cc3)cncc2s1. The monoisotopic (exact) mass is 2160 g/mol. The van der Waals surface area contributed by atoms with Crippen LogP contribution >= 0.6 is 161 Å². The van der Waals surface area contributed by atoms with E-state index in [4.69, 9.17) is 29.8 Å². The summed E-state index contributed by atoms with van der Waals surface area (Å²) in [7, 11) is 8.96. The van der Waals surface area contributed by atoms with Gasteiger partial charge in [-0.25, -0.2) is 14.4 Å². The van der Waals surface area contributed by atoms with E-state index in [0.29, 0.717) is 38.5 Å². The fourth-order valence-corrected chi connectivity index (χ4v) is 18.3. The van der Waals surface area contributed by atoms with Crippen LogP contribution in [0.3, 0.4) is 0 Å². The number of benzene rings is 4. The molecule has 0 aliphatic carbocycles. The molecule has 129 heavy (non-hydrogen) atoms. The summed E-state index contributed by atoms with van der Waals surface area (Å²) < 4.78 is 42.3. The minimum absolute atomic E-state index is 0. The van der Waals surface area contributed by atoms with E-state index in [0.717, 1.165) is 141 Å². The molecule has 0 aliphatic heterocycles. The molecule has 26 nitrogen and oxygen atoms in total. The van der Waals surface area contributed by atoms with Crippen LogP contribution in [0.1, 0.15) is 51.3 Å². The molecule has 16 rings (SSSR count). The van der Waals surface area contributed by atoms with Crippen LogP contribution in [0.15, 0.2) is 250 Å². The minimum Gasteiger partial charge on any atom is -0.478 e. The van der Waals surface area contributed by atoms with Gasteiger partial charge in [-0.2, -0.15) is 0 Å². The second kappa shape index (κ2) is 51.9. The van der Waals surface area contributed by atoms with Crippen molar-refractivity contribution in [1.29, 1.82) is 0 Å². The highest BCUT2D eigenvalue weighted by Gasteiger charge is 2.27. The number of ether oxygens (including phenoxy) is 6. The zero-order valence-corrected chi connectivity index (χ0v) is 82.7. The van der Waals surface area contributed by atoms with Gasteiger partial charge >= 0.3 is 17.9 Å². The zero-order chi connectivity index (χ0) is 91.1. The molecule has 0 bridgehead atoms. The number of hydrogen-bond donors (Lipinski definition) is 7. The Morgan fingerprint density at radius 1 is 0.434 bits per heavy atom. The summed E-state index contributed by atoms with van der Waals surface area (Å²) in [5, 5.41) is 39.1. The summed E-state index contributed by atoms with van der Waals surface area (Å²) in [5.41, 5.74) is 7.27. The van der Waals surface area contributed by atoms with Gasteiger partial charge in [-0.1, -0.05) is 80.5 Å². The molecule has 3 atom stereocenters. The Balaban J connectivity index is 0.000000188.